The Morgan fingerprint density at radius 3 is 1.50 bits per heavy atom. The number of aromatic amines is 2. The quantitative estimate of drug-likeness (QED) is 0.0962. The average molecular weight is 522 g/mol. The number of H-pyrrole nitrogens is 2. The molecule has 0 saturated carbocycles. The van der Waals surface area contributed by atoms with Gasteiger partial charge in [-0.3, -0.25) is 29.8 Å². The van der Waals surface area contributed by atoms with E-state index in [0.717, 1.165) is 0 Å². The summed E-state index contributed by atoms with van der Waals surface area (Å²) >= 11 is 0. The molecule has 4 aromatic rings. The molecule has 16 heteroatoms. The van der Waals surface area contributed by atoms with Gasteiger partial charge < -0.3 is 20.2 Å². The number of aromatic nitrogens is 2. The summed E-state index contributed by atoms with van der Waals surface area (Å²) in [7, 11) is 0. The second-order valence-electron chi connectivity index (χ2n) is 8.01. The lowest BCUT2D eigenvalue weighted by molar-refractivity contribution is -0.384. The molecule has 0 radical (unpaired) electrons. The van der Waals surface area contributed by atoms with E-state index in [-0.39, 0.29) is 59.2 Å². The molecule has 16 nitrogen and oxygen atoms in total. The van der Waals surface area contributed by atoms with E-state index in [1.54, 1.807) is 0 Å². The van der Waals surface area contributed by atoms with Gasteiger partial charge in [0.05, 0.1) is 20.9 Å². The number of aromatic hydroxyl groups is 2. The van der Waals surface area contributed by atoms with Crippen molar-refractivity contribution in [2.45, 2.75) is 25.7 Å². The zero-order valence-electron chi connectivity index (χ0n) is 19.3. The van der Waals surface area contributed by atoms with Crippen LogP contribution in [0.3, 0.4) is 0 Å². The Bertz CT molecular complexity index is 1530. The van der Waals surface area contributed by atoms with Crippen LogP contribution in [0, 0.1) is 20.2 Å². The molecule has 4 rings (SSSR count). The summed E-state index contributed by atoms with van der Waals surface area (Å²) < 4.78 is 0. The molecule has 0 unspecified atom stereocenters. The number of nitro benzene ring substituents is 2. The number of fused-ring (bicyclic) bond motifs is 2. The Balaban J connectivity index is 1.31. The van der Waals surface area contributed by atoms with Gasteiger partial charge in [0.2, 0.25) is 11.8 Å². The molecule has 0 atom stereocenters. The molecule has 0 saturated heterocycles. The lowest BCUT2D eigenvalue weighted by Gasteiger charge is -1.96. The number of nitrogens with zero attached hydrogens (tertiary/aromatic N) is 6. The maximum Gasteiger partial charge on any atom is 0.270 e. The molecule has 2 aromatic heterocycles. The predicted octanol–water partition coefficient (Wildman–Crippen LogP) is 5.36. The van der Waals surface area contributed by atoms with Crippen molar-refractivity contribution in [3.63, 3.8) is 0 Å². The normalized spacial score (nSPS) is 11.7. The standard InChI is InChI=1S/C22H18N8O8/c31-17(25-27-19-13-9-11(29(35)36)5-7-15(13)23-21(19)33)3-1-2-4-18(32)26-28-20-14-10-12(30(37)38)6-8-16(14)24-22(20)34/h5-10,23-24,33-34H,1-4H2. The summed E-state index contributed by atoms with van der Waals surface area (Å²) in [5.41, 5.74) is 0.0874. The maximum atomic E-state index is 12.1. The van der Waals surface area contributed by atoms with Crippen molar-refractivity contribution < 1.29 is 29.6 Å². The number of rotatable bonds is 9. The van der Waals surface area contributed by atoms with Gasteiger partial charge in [-0.15, -0.1) is 20.5 Å². The van der Waals surface area contributed by atoms with Crippen molar-refractivity contribution in [1.29, 1.82) is 0 Å². The highest BCUT2D eigenvalue weighted by Crippen LogP contribution is 2.38. The Kier molecular flexibility index (Phi) is 7.13. The second kappa shape index (κ2) is 10.6. The molecule has 38 heavy (non-hydrogen) atoms. The zero-order chi connectivity index (χ0) is 27.4. The molecule has 2 amide bonds. The first kappa shape index (κ1) is 25.5. The van der Waals surface area contributed by atoms with E-state index < -0.39 is 33.4 Å². The third kappa shape index (κ3) is 5.48. The number of benzene rings is 2. The predicted molar refractivity (Wildman–Crippen MR) is 131 cm³/mol. The van der Waals surface area contributed by atoms with Gasteiger partial charge in [0.25, 0.3) is 23.2 Å². The van der Waals surface area contributed by atoms with Crippen LogP contribution in [0.5, 0.6) is 11.8 Å². The van der Waals surface area contributed by atoms with E-state index in [9.17, 15) is 40.0 Å². The van der Waals surface area contributed by atoms with Gasteiger partial charge in [-0.05, 0) is 25.0 Å². The molecule has 0 aliphatic heterocycles. The summed E-state index contributed by atoms with van der Waals surface area (Å²) in [6.45, 7) is 0. The SMILES string of the molecule is O=C(CCCCC(=O)N=Nc1c(O)[nH]c2ccc([N+](=O)[O-])cc12)N=Nc1c(O)[nH]c2ccc([N+](=O)[O-])cc12. The third-order valence-corrected chi connectivity index (χ3v) is 5.45. The molecular formula is C22H18N8O8. The minimum absolute atomic E-state index is 0.0654. The van der Waals surface area contributed by atoms with Crippen molar-refractivity contribution in [3.8, 4) is 11.8 Å². The number of unbranched alkanes of at least 4 members (excludes halogenated alkanes) is 1. The van der Waals surface area contributed by atoms with E-state index in [1.807, 2.05) is 0 Å². The number of non-ortho nitro benzene ring substituents is 2. The van der Waals surface area contributed by atoms with Gasteiger partial charge in [-0.1, -0.05) is 0 Å². The lowest BCUT2D eigenvalue weighted by atomic mass is 10.2. The number of nitro groups is 2. The number of hydrogen-bond acceptors (Lipinski definition) is 10. The average Bonchev–Trinajstić information content (AvgIpc) is 3.37. The zero-order valence-corrected chi connectivity index (χ0v) is 19.3. The van der Waals surface area contributed by atoms with Crippen molar-refractivity contribution >= 4 is 56.4 Å². The van der Waals surface area contributed by atoms with Gasteiger partial charge in [0.1, 0.15) is 0 Å². The van der Waals surface area contributed by atoms with Crippen molar-refractivity contribution in [1.82, 2.24) is 9.97 Å². The van der Waals surface area contributed by atoms with Gasteiger partial charge >= 0.3 is 0 Å². The van der Waals surface area contributed by atoms with Crippen LogP contribution in [0.4, 0.5) is 22.7 Å². The van der Waals surface area contributed by atoms with Gasteiger partial charge in [0, 0.05) is 47.9 Å². The maximum absolute atomic E-state index is 12.1. The summed E-state index contributed by atoms with van der Waals surface area (Å²) in [5, 5.41) is 56.9. The monoisotopic (exact) mass is 522 g/mol. The topological polar surface area (TPSA) is 242 Å². The van der Waals surface area contributed by atoms with Crippen LogP contribution in [0.25, 0.3) is 21.8 Å². The van der Waals surface area contributed by atoms with Crippen molar-refractivity contribution in [2.24, 2.45) is 20.5 Å². The van der Waals surface area contributed by atoms with E-state index >= 15 is 0 Å². The molecule has 0 aliphatic rings. The second-order valence-corrected chi connectivity index (χ2v) is 8.01. The van der Waals surface area contributed by atoms with E-state index in [0.29, 0.717) is 11.0 Å². The van der Waals surface area contributed by atoms with Crippen LogP contribution in [-0.2, 0) is 9.59 Å². The Hall–Kier alpha value is -5.54. The van der Waals surface area contributed by atoms with Gasteiger partial charge in [-0.2, -0.15) is 0 Å². The molecule has 0 spiro atoms. The van der Waals surface area contributed by atoms with Crippen LogP contribution in [0.1, 0.15) is 25.7 Å². The first-order valence-corrected chi connectivity index (χ1v) is 11.0. The Labute approximate surface area is 211 Å². The number of azo groups is 2. The fourth-order valence-electron chi connectivity index (χ4n) is 3.60. The highest BCUT2D eigenvalue weighted by Gasteiger charge is 2.17. The van der Waals surface area contributed by atoms with Gasteiger partial charge in [-0.25, -0.2) is 0 Å². The number of carbonyl (C=O) groups is 2. The lowest BCUT2D eigenvalue weighted by Crippen LogP contribution is -1.95. The smallest absolute Gasteiger partial charge is 0.270 e. The third-order valence-electron chi connectivity index (χ3n) is 5.45. The van der Waals surface area contributed by atoms with Gasteiger partial charge in [0.15, 0.2) is 11.4 Å². The summed E-state index contributed by atoms with van der Waals surface area (Å²) in [4.78, 5) is 50.0. The first-order valence-electron chi connectivity index (χ1n) is 11.0. The van der Waals surface area contributed by atoms with E-state index in [2.05, 4.69) is 30.4 Å². The Morgan fingerprint density at radius 2 is 1.13 bits per heavy atom. The minimum Gasteiger partial charge on any atom is -0.493 e. The number of amides is 2. The highest BCUT2D eigenvalue weighted by atomic mass is 16.6. The fraction of sp³-hybridized carbons (Fsp3) is 0.182. The number of carbonyl (C=O) groups excluding carboxylic acids is 2. The number of hydrogen-bond donors (Lipinski definition) is 4. The molecule has 0 aliphatic carbocycles. The van der Waals surface area contributed by atoms with Crippen LogP contribution in [-0.4, -0.2) is 41.8 Å². The molecular weight excluding hydrogens is 504 g/mol. The summed E-state index contributed by atoms with van der Waals surface area (Å²) in [5.74, 6) is -2.07. The Morgan fingerprint density at radius 1 is 0.737 bits per heavy atom. The summed E-state index contributed by atoms with van der Waals surface area (Å²) in [6, 6.07) is 7.68. The van der Waals surface area contributed by atoms with Crippen LogP contribution >= 0.6 is 0 Å². The van der Waals surface area contributed by atoms with Crippen LogP contribution in [0.15, 0.2) is 56.9 Å². The minimum atomic E-state index is -0.636. The molecule has 0 fully saturated rings. The van der Waals surface area contributed by atoms with Crippen LogP contribution in [0.2, 0.25) is 0 Å². The van der Waals surface area contributed by atoms with Crippen molar-refractivity contribution in [3.05, 3.63) is 56.6 Å². The number of nitrogens with one attached hydrogen (secondary N) is 2. The van der Waals surface area contributed by atoms with E-state index in [4.69, 9.17) is 0 Å². The summed E-state index contributed by atoms with van der Waals surface area (Å²) in [6.07, 6.45) is 0.387. The molecule has 2 heterocycles. The molecule has 4 N–H and O–H groups in total. The largest absolute Gasteiger partial charge is 0.493 e. The molecule has 194 valence electrons. The molecule has 2 aromatic carbocycles. The fourth-order valence-corrected chi connectivity index (χ4v) is 3.60. The first-order chi connectivity index (χ1) is 18.1. The van der Waals surface area contributed by atoms with Crippen molar-refractivity contribution in [2.75, 3.05) is 0 Å². The van der Waals surface area contributed by atoms with Crippen LogP contribution < -0.4 is 0 Å². The van der Waals surface area contributed by atoms with E-state index in [1.165, 1.54) is 36.4 Å². The highest BCUT2D eigenvalue weighted by molar-refractivity contribution is 5.96. The molecule has 0 bridgehead atoms.